The van der Waals surface area contributed by atoms with E-state index in [1.807, 2.05) is 30.3 Å². The molecule has 0 radical (unpaired) electrons. The molecule has 0 aliphatic rings. The Hall–Kier alpha value is -2.54. The number of ether oxygens (including phenoxy) is 1. The van der Waals surface area contributed by atoms with Crippen LogP contribution in [0.5, 0.6) is 5.75 Å². The maximum Gasteiger partial charge on any atom is 0.292 e. The van der Waals surface area contributed by atoms with Crippen LogP contribution >= 0.6 is 0 Å². The van der Waals surface area contributed by atoms with Gasteiger partial charge < -0.3 is 9.30 Å². The highest BCUT2D eigenvalue weighted by atomic mass is 16.5. The van der Waals surface area contributed by atoms with Gasteiger partial charge in [-0.25, -0.2) is 0 Å². The Labute approximate surface area is 124 Å². The van der Waals surface area contributed by atoms with Gasteiger partial charge in [0.25, 0.3) is 5.56 Å². The minimum absolute atomic E-state index is 0.136. The van der Waals surface area contributed by atoms with Crippen LogP contribution in [0, 0.1) is 11.3 Å². The van der Waals surface area contributed by atoms with E-state index in [9.17, 15) is 4.79 Å². The Kier molecular flexibility index (Phi) is 5.60. The molecule has 1 aromatic carbocycles. The highest BCUT2D eigenvalue weighted by molar-refractivity contribution is 5.18. The lowest BCUT2D eigenvalue weighted by molar-refractivity contribution is 0.314. The van der Waals surface area contributed by atoms with Gasteiger partial charge in [-0.2, -0.15) is 5.26 Å². The summed E-state index contributed by atoms with van der Waals surface area (Å²) in [5, 5.41) is 8.53. The van der Waals surface area contributed by atoms with E-state index in [0.29, 0.717) is 31.7 Å². The van der Waals surface area contributed by atoms with Crippen LogP contribution in [-0.2, 0) is 13.0 Å². The molecule has 0 amide bonds. The first-order valence-corrected chi connectivity index (χ1v) is 7.04. The highest BCUT2D eigenvalue weighted by Gasteiger charge is 2.04. The molecule has 0 aliphatic heterocycles. The maximum absolute atomic E-state index is 12.2. The lowest BCUT2D eigenvalue weighted by atomic mass is 10.2. The molecular formula is C17H18N2O2. The predicted molar refractivity (Wildman–Crippen MR) is 81.2 cm³/mol. The molecule has 0 N–H and O–H groups in total. The second-order valence-electron chi connectivity index (χ2n) is 4.72. The minimum atomic E-state index is -0.136. The number of aryl methyl sites for hydroxylation is 1. The largest absolute Gasteiger partial charge is 0.488 e. The smallest absolute Gasteiger partial charge is 0.292 e. The number of nitrogens with zero attached hydrogens (tertiary/aromatic N) is 2. The Morgan fingerprint density at radius 1 is 1.14 bits per heavy atom. The third-order valence-corrected chi connectivity index (χ3v) is 3.16. The zero-order chi connectivity index (χ0) is 14.9. The SMILES string of the molecule is N#CCCCn1cccc(OCCc2ccccc2)c1=O. The molecule has 0 saturated heterocycles. The zero-order valence-corrected chi connectivity index (χ0v) is 11.9. The van der Waals surface area contributed by atoms with Crippen LogP contribution in [0.2, 0.25) is 0 Å². The summed E-state index contributed by atoms with van der Waals surface area (Å²) in [6, 6.07) is 15.6. The topological polar surface area (TPSA) is 55.0 Å². The predicted octanol–water partition coefficient (Wildman–Crippen LogP) is 2.77. The maximum atomic E-state index is 12.2. The van der Waals surface area contributed by atoms with Gasteiger partial charge in [0.15, 0.2) is 5.75 Å². The van der Waals surface area contributed by atoms with Gasteiger partial charge in [0.05, 0.1) is 12.7 Å². The number of hydrogen-bond donors (Lipinski definition) is 0. The Morgan fingerprint density at radius 2 is 1.95 bits per heavy atom. The summed E-state index contributed by atoms with van der Waals surface area (Å²) in [5.74, 6) is 0.366. The first kappa shape index (κ1) is 14.9. The van der Waals surface area contributed by atoms with Crippen LogP contribution in [0.3, 0.4) is 0 Å². The summed E-state index contributed by atoms with van der Waals surface area (Å²) in [7, 11) is 0. The van der Waals surface area contributed by atoms with Crippen molar-refractivity contribution < 1.29 is 4.74 Å². The van der Waals surface area contributed by atoms with Crippen molar-refractivity contribution in [1.29, 1.82) is 5.26 Å². The van der Waals surface area contributed by atoms with E-state index >= 15 is 0 Å². The summed E-state index contributed by atoms with van der Waals surface area (Å²) < 4.78 is 7.18. The monoisotopic (exact) mass is 282 g/mol. The number of rotatable bonds is 7. The lowest BCUT2D eigenvalue weighted by Gasteiger charge is -2.09. The average molecular weight is 282 g/mol. The third-order valence-electron chi connectivity index (χ3n) is 3.16. The molecule has 1 aromatic heterocycles. The second-order valence-corrected chi connectivity index (χ2v) is 4.72. The van der Waals surface area contributed by atoms with Crippen molar-refractivity contribution in [2.45, 2.75) is 25.8 Å². The first-order valence-electron chi connectivity index (χ1n) is 7.04. The van der Waals surface area contributed by atoms with Crippen molar-refractivity contribution in [2.75, 3.05) is 6.61 Å². The molecule has 0 saturated carbocycles. The fraction of sp³-hybridized carbons (Fsp3) is 0.294. The summed E-state index contributed by atoms with van der Waals surface area (Å²) in [6.45, 7) is 1.02. The standard InChI is InChI=1S/C17H18N2O2/c18-11-4-5-12-19-13-6-9-16(17(19)20)21-14-10-15-7-2-1-3-8-15/h1-3,6-9,13H,4-5,10,12,14H2. The molecule has 2 aromatic rings. The van der Waals surface area contributed by atoms with E-state index in [4.69, 9.17) is 10.00 Å². The summed E-state index contributed by atoms with van der Waals surface area (Å²) in [6.07, 6.45) is 3.61. The van der Waals surface area contributed by atoms with E-state index in [1.165, 1.54) is 5.56 Å². The normalized spacial score (nSPS) is 10.0. The van der Waals surface area contributed by atoms with Gasteiger partial charge in [-0.15, -0.1) is 0 Å². The lowest BCUT2D eigenvalue weighted by Crippen LogP contribution is -2.21. The van der Waals surface area contributed by atoms with Crippen LogP contribution in [0.4, 0.5) is 0 Å². The molecule has 21 heavy (non-hydrogen) atoms. The van der Waals surface area contributed by atoms with Gasteiger partial charge in [-0.3, -0.25) is 4.79 Å². The van der Waals surface area contributed by atoms with Gasteiger partial charge >= 0.3 is 0 Å². The van der Waals surface area contributed by atoms with Gasteiger partial charge in [0.1, 0.15) is 0 Å². The molecule has 2 rings (SSSR count). The van der Waals surface area contributed by atoms with Crippen LogP contribution in [0.25, 0.3) is 0 Å². The highest BCUT2D eigenvalue weighted by Crippen LogP contribution is 2.05. The number of nitriles is 1. The number of hydrogen-bond acceptors (Lipinski definition) is 3. The third kappa shape index (κ3) is 4.50. The summed E-state index contributed by atoms with van der Waals surface area (Å²) >= 11 is 0. The molecule has 1 heterocycles. The van der Waals surface area contributed by atoms with Crippen LogP contribution in [-0.4, -0.2) is 11.2 Å². The van der Waals surface area contributed by atoms with E-state index in [2.05, 4.69) is 6.07 Å². The quantitative estimate of drug-likeness (QED) is 0.734. The first-order chi connectivity index (χ1) is 10.3. The molecule has 0 atom stereocenters. The Morgan fingerprint density at radius 3 is 2.71 bits per heavy atom. The molecule has 0 unspecified atom stereocenters. The van der Waals surface area contributed by atoms with Crippen molar-refractivity contribution >= 4 is 0 Å². The molecule has 0 bridgehead atoms. The van der Waals surface area contributed by atoms with Crippen molar-refractivity contribution in [3.8, 4) is 11.8 Å². The number of aromatic nitrogens is 1. The Balaban J connectivity index is 1.93. The molecule has 108 valence electrons. The zero-order valence-electron chi connectivity index (χ0n) is 11.9. The van der Waals surface area contributed by atoms with Crippen molar-refractivity contribution in [3.63, 3.8) is 0 Å². The van der Waals surface area contributed by atoms with Gasteiger partial charge in [-0.1, -0.05) is 30.3 Å². The van der Waals surface area contributed by atoms with E-state index in [1.54, 1.807) is 22.9 Å². The molecular weight excluding hydrogens is 264 g/mol. The average Bonchev–Trinajstić information content (AvgIpc) is 2.52. The van der Waals surface area contributed by atoms with Crippen LogP contribution in [0.15, 0.2) is 53.5 Å². The van der Waals surface area contributed by atoms with Gasteiger partial charge in [0.2, 0.25) is 0 Å². The van der Waals surface area contributed by atoms with Crippen LogP contribution < -0.4 is 10.3 Å². The fourth-order valence-electron chi connectivity index (χ4n) is 2.05. The summed E-state index contributed by atoms with van der Waals surface area (Å²) in [4.78, 5) is 12.2. The summed E-state index contributed by atoms with van der Waals surface area (Å²) in [5.41, 5.74) is 1.05. The molecule has 4 heteroatoms. The Bertz CT molecular complexity index is 656. The van der Waals surface area contributed by atoms with Crippen molar-refractivity contribution in [2.24, 2.45) is 0 Å². The number of unbranched alkanes of at least 4 members (excludes halogenated alkanes) is 1. The molecule has 4 nitrogen and oxygen atoms in total. The van der Waals surface area contributed by atoms with Crippen molar-refractivity contribution in [3.05, 3.63) is 64.6 Å². The minimum Gasteiger partial charge on any atom is -0.488 e. The van der Waals surface area contributed by atoms with Gasteiger partial charge in [0, 0.05) is 25.6 Å². The molecule has 0 aliphatic carbocycles. The molecule has 0 spiro atoms. The van der Waals surface area contributed by atoms with E-state index < -0.39 is 0 Å². The van der Waals surface area contributed by atoms with Gasteiger partial charge in [-0.05, 0) is 24.1 Å². The van der Waals surface area contributed by atoms with E-state index in [0.717, 1.165) is 6.42 Å². The fourth-order valence-corrected chi connectivity index (χ4v) is 2.05. The number of pyridine rings is 1. The second kappa shape index (κ2) is 7.91. The van der Waals surface area contributed by atoms with E-state index in [-0.39, 0.29) is 5.56 Å². The molecule has 0 fully saturated rings. The van der Waals surface area contributed by atoms with Crippen LogP contribution in [0.1, 0.15) is 18.4 Å². The number of benzene rings is 1. The van der Waals surface area contributed by atoms with Crippen molar-refractivity contribution in [1.82, 2.24) is 4.57 Å².